The van der Waals surface area contributed by atoms with Crippen LogP contribution in [0.5, 0.6) is 0 Å². The predicted octanol–water partition coefficient (Wildman–Crippen LogP) is 0.950. The summed E-state index contributed by atoms with van der Waals surface area (Å²) in [7, 11) is 1.55. The molecule has 1 atom stereocenters. The second kappa shape index (κ2) is 6.74. The molecule has 0 bridgehead atoms. The second-order valence-corrected chi connectivity index (χ2v) is 3.74. The van der Waals surface area contributed by atoms with Gasteiger partial charge in [0.05, 0.1) is 24.0 Å². The fourth-order valence-corrected chi connectivity index (χ4v) is 1.46. The number of anilines is 2. The molecule has 0 saturated carbocycles. The molecule has 0 fully saturated rings. The highest BCUT2D eigenvalue weighted by Gasteiger charge is 2.05. The maximum atomic E-state index is 9.45. The Labute approximate surface area is 101 Å². The fourth-order valence-electron chi connectivity index (χ4n) is 1.46. The summed E-state index contributed by atoms with van der Waals surface area (Å²) >= 11 is 0. The number of aliphatic hydroxyl groups is 1. The van der Waals surface area contributed by atoms with Gasteiger partial charge < -0.3 is 20.9 Å². The summed E-state index contributed by atoms with van der Waals surface area (Å²) in [5.41, 5.74) is 7.38. The Hall–Kier alpha value is -1.77. The van der Waals surface area contributed by atoms with Crippen molar-refractivity contribution in [2.24, 2.45) is 0 Å². The summed E-state index contributed by atoms with van der Waals surface area (Å²) in [6.45, 7) is 0.887. The van der Waals surface area contributed by atoms with E-state index in [1.54, 1.807) is 25.3 Å². The van der Waals surface area contributed by atoms with Gasteiger partial charge in [-0.2, -0.15) is 5.26 Å². The summed E-state index contributed by atoms with van der Waals surface area (Å²) < 4.78 is 4.82. The van der Waals surface area contributed by atoms with Gasteiger partial charge in [0.1, 0.15) is 6.07 Å². The van der Waals surface area contributed by atoms with Crippen LogP contribution in [0, 0.1) is 11.3 Å². The third-order valence-corrected chi connectivity index (χ3v) is 2.32. The molecule has 0 amide bonds. The van der Waals surface area contributed by atoms with E-state index in [-0.39, 0.29) is 0 Å². The average molecular weight is 235 g/mol. The van der Waals surface area contributed by atoms with Crippen LogP contribution in [0.3, 0.4) is 0 Å². The molecule has 0 aromatic heterocycles. The number of nitrogens with one attached hydrogen (secondary N) is 1. The van der Waals surface area contributed by atoms with Crippen LogP contribution >= 0.6 is 0 Å². The molecule has 0 saturated heterocycles. The Morgan fingerprint density at radius 3 is 3.00 bits per heavy atom. The van der Waals surface area contributed by atoms with E-state index < -0.39 is 6.10 Å². The van der Waals surface area contributed by atoms with Gasteiger partial charge in [-0.3, -0.25) is 0 Å². The maximum absolute atomic E-state index is 9.45. The zero-order valence-corrected chi connectivity index (χ0v) is 9.81. The Morgan fingerprint density at radius 1 is 1.59 bits per heavy atom. The molecule has 92 valence electrons. The molecule has 4 N–H and O–H groups in total. The number of methoxy groups -OCH3 is 1. The van der Waals surface area contributed by atoms with Gasteiger partial charge in [-0.25, -0.2) is 0 Å². The summed E-state index contributed by atoms with van der Waals surface area (Å²) in [5, 5.41) is 21.5. The normalized spacial score (nSPS) is 11.8. The van der Waals surface area contributed by atoms with Gasteiger partial charge in [0.15, 0.2) is 0 Å². The minimum atomic E-state index is -0.494. The van der Waals surface area contributed by atoms with Crippen LogP contribution in [0.15, 0.2) is 18.2 Å². The van der Waals surface area contributed by atoms with Gasteiger partial charge >= 0.3 is 0 Å². The van der Waals surface area contributed by atoms with Crippen molar-refractivity contribution in [1.82, 2.24) is 0 Å². The number of hydrogen-bond donors (Lipinski definition) is 3. The van der Waals surface area contributed by atoms with Crippen LogP contribution in [0.1, 0.15) is 12.0 Å². The lowest BCUT2D eigenvalue weighted by molar-refractivity contribution is 0.0615. The van der Waals surface area contributed by atoms with Crippen molar-refractivity contribution >= 4 is 11.4 Å². The van der Waals surface area contributed by atoms with Gasteiger partial charge in [-0.1, -0.05) is 0 Å². The molecule has 5 nitrogen and oxygen atoms in total. The topological polar surface area (TPSA) is 91.3 Å². The number of nitriles is 1. The van der Waals surface area contributed by atoms with Crippen molar-refractivity contribution in [1.29, 1.82) is 5.26 Å². The second-order valence-electron chi connectivity index (χ2n) is 3.74. The van der Waals surface area contributed by atoms with Gasteiger partial charge in [0.2, 0.25) is 0 Å². The molecular formula is C12H17N3O2. The number of nitrogen functional groups attached to an aromatic ring is 1. The van der Waals surface area contributed by atoms with E-state index in [4.69, 9.17) is 15.7 Å². The highest BCUT2D eigenvalue weighted by atomic mass is 16.5. The monoisotopic (exact) mass is 235 g/mol. The number of nitrogens with zero attached hydrogens (tertiary/aromatic N) is 1. The number of nitrogens with two attached hydrogens (primary N) is 1. The van der Waals surface area contributed by atoms with E-state index in [0.717, 1.165) is 5.69 Å². The van der Waals surface area contributed by atoms with Gasteiger partial charge in [-0.15, -0.1) is 0 Å². The number of aliphatic hydroxyl groups excluding tert-OH is 1. The van der Waals surface area contributed by atoms with Crippen molar-refractivity contribution in [2.45, 2.75) is 12.5 Å². The maximum Gasteiger partial charge on any atom is 0.101 e. The van der Waals surface area contributed by atoms with Gasteiger partial charge in [-0.05, 0) is 24.6 Å². The molecule has 0 spiro atoms. The molecule has 1 aromatic carbocycles. The quantitative estimate of drug-likeness (QED) is 0.638. The first-order valence-corrected chi connectivity index (χ1v) is 5.38. The van der Waals surface area contributed by atoms with Crippen molar-refractivity contribution in [3.63, 3.8) is 0 Å². The standard InChI is InChI=1S/C12H17N3O2/c1-17-8-11(16)4-5-15-12-3-2-10(14)6-9(12)7-13/h2-3,6,11,15-16H,4-5,8,14H2,1H3. The Morgan fingerprint density at radius 2 is 2.35 bits per heavy atom. The molecule has 17 heavy (non-hydrogen) atoms. The third-order valence-electron chi connectivity index (χ3n) is 2.32. The van der Waals surface area contributed by atoms with E-state index in [1.165, 1.54) is 0 Å². The van der Waals surface area contributed by atoms with Crippen molar-refractivity contribution < 1.29 is 9.84 Å². The average Bonchev–Trinajstić information content (AvgIpc) is 2.31. The first kappa shape index (κ1) is 13.3. The summed E-state index contributed by atoms with van der Waals surface area (Å²) in [5.74, 6) is 0. The first-order chi connectivity index (χ1) is 8.17. The van der Waals surface area contributed by atoms with Crippen LogP contribution in [-0.4, -0.2) is 31.5 Å². The van der Waals surface area contributed by atoms with Gasteiger partial charge in [0, 0.05) is 19.3 Å². The van der Waals surface area contributed by atoms with E-state index in [9.17, 15) is 5.11 Å². The molecule has 1 aromatic rings. The van der Waals surface area contributed by atoms with E-state index in [0.29, 0.717) is 30.8 Å². The fraction of sp³-hybridized carbons (Fsp3) is 0.417. The molecule has 0 aliphatic rings. The molecule has 0 radical (unpaired) electrons. The van der Waals surface area contributed by atoms with Crippen LogP contribution in [0.25, 0.3) is 0 Å². The third kappa shape index (κ3) is 4.31. The molecule has 5 heteroatoms. The lowest BCUT2D eigenvalue weighted by atomic mass is 10.1. The summed E-state index contributed by atoms with van der Waals surface area (Å²) in [6, 6.07) is 7.18. The Bertz CT molecular complexity index is 401. The number of ether oxygens (including phenoxy) is 1. The zero-order chi connectivity index (χ0) is 12.7. The molecular weight excluding hydrogens is 218 g/mol. The minimum Gasteiger partial charge on any atom is -0.399 e. The Balaban J connectivity index is 2.50. The largest absolute Gasteiger partial charge is 0.399 e. The SMILES string of the molecule is COCC(O)CCNc1ccc(N)cc1C#N. The summed E-state index contributed by atoms with van der Waals surface area (Å²) in [4.78, 5) is 0. The van der Waals surface area contributed by atoms with E-state index in [2.05, 4.69) is 11.4 Å². The molecule has 1 rings (SSSR count). The lowest BCUT2D eigenvalue weighted by Gasteiger charge is -2.12. The van der Waals surface area contributed by atoms with Crippen LogP contribution in [0.2, 0.25) is 0 Å². The minimum absolute atomic E-state index is 0.314. The molecule has 0 heterocycles. The first-order valence-electron chi connectivity index (χ1n) is 5.38. The lowest BCUT2D eigenvalue weighted by Crippen LogP contribution is -2.18. The highest BCUT2D eigenvalue weighted by molar-refractivity contribution is 5.62. The van der Waals surface area contributed by atoms with Crippen molar-refractivity contribution in [3.8, 4) is 6.07 Å². The smallest absolute Gasteiger partial charge is 0.101 e. The van der Waals surface area contributed by atoms with Crippen LogP contribution in [0.4, 0.5) is 11.4 Å². The van der Waals surface area contributed by atoms with Crippen molar-refractivity contribution in [2.75, 3.05) is 31.3 Å². The van der Waals surface area contributed by atoms with Crippen LogP contribution in [-0.2, 0) is 4.74 Å². The van der Waals surface area contributed by atoms with Crippen LogP contribution < -0.4 is 11.1 Å². The highest BCUT2D eigenvalue weighted by Crippen LogP contribution is 2.17. The van der Waals surface area contributed by atoms with E-state index >= 15 is 0 Å². The molecule has 0 aliphatic carbocycles. The number of hydrogen-bond acceptors (Lipinski definition) is 5. The predicted molar refractivity (Wildman–Crippen MR) is 66.6 cm³/mol. The van der Waals surface area contributed by atoms with Crippen molar-refractivity contribution in [3.05, 3.63) is 23.8 Å². The molecule has 1 unspecified atom stereocenters. The van der Waals surface area contributed by atoms with Gasteiger partial charge in [0.25, 0.3) is 0 Å². The molecule has 0 aliphatic heterocycles. The van der Waals surface area contributed by atoms with E-state index in [1.807, 2.05) is 0 Å². The zero-order valence-electron chi connectivity index (χ0n) is 9.81. The Kier molecular flexibility index (Phi) is 5.27. The number of benzene rings is 1. The number of rotatable bonds is 6. The summed E-state index contributed by atoms with van der Waals surface area (Å²) in [6.07, 6.45) is 0.0649.